The molecule has 0 heterocycles. The minimum atomic E-state index is -4.18. The van der Waals surface area contributed by atoms with E-state index >= 15 is 0 Å². The van der Waals surface area contributed by atoms with E-state index in [4.69, 9.17) is 34.8 Å². The Kier molecular flexibility index (Phi) is 10.9. The molecule has 0 bridgehead atoms. The number of hydrogen-bond donors (Lipinski definition) is 1. The Labute approximate surface area is 251 Å². The number of halogens is 3. The minimum Gasteiger partial charge on any atom is -0.352 e. The van der Waals surface area contributed by atoms with E-state index in [-0.39, 0.29) is 29.1 Å². The number of carbonyl (C=O) groups is 2. The third-order valence-electron chi connectivity index (χ3n) is 6.58. The van der Waals surface area contributed by atoms with Crippen LogP contribution in [0.15, 0.2) is 71.6 Å². The summed E-state index contributed by atoms with van der Waals surface area (Å²) in [5.41, 5.74) is 1.52. The summed E-state index contributed by atoms with van der Waals surface area (Å²) >= 11 is 18.8. The number of sulfonamides is 1. The predicted molar refractivity (Wildman–Crippen MR) is 162 cm³/mol. The molecule has 3 aromatic carbocycles. The third kappa shape index (κ3) is 7.69. The topological polar surface area (TPSA) is 86.8 Å². The highest BCUT2D eigenvalue weighted by Gasteiger charge is 2.33. The van der Waals surface area contributed by atoms with Gasteiger partial charge in [0.25, 0.3) is 10.0 Å². The van der Waals surface area contributed by atoms with E-state index in [1.54, 1.807) is 62.4 Å². The van der Waals surface area contributed by atoms with Crippen LogP contribution in [0, 0.1) is 6.92 Å². The van der Waals surface area contributed by atoms with Crippen molar-refractivity contribution in [3.63, 3.8) is 0 Å². The van der Waals surface area contributed by atoms with Crippen LogP contribution in [0.5, 0.6) is 0 Å². The smallest absolute Gasteiger partial charge is 0.264 e. The van der Waals surface area contributed by atoms with Gasteiger partial charge < -0.3 is 10.2 Å². The molecule has 0 unspecified atom stereocenters. The summed E-state index contributed by atoms with van der Waals surface area (Å²) in [6, 6.07) is 16.4. The molecule has 0 saturated heterocycles. The quantitative estimate of drug-likeness (QED) is 0.265. The zero-order valence-electron chi connectivity index (χ0n) is 22.7. The number of hydrogen-bond acceptors (Lipinski definition) is 4. The molecular weight excluding hydrogens is 593 g/mol. The molecule has 3 aromatic rings. The Balaban J connectivity index is 2.06. The van der Waals surface area contributed by atoms with Crippen LogP contribution >= 0.6 is 34.8 Å². The molecule has 0 aromatic heterocycles. The Morgan fingerprint density at radius 2 is 1.60 bits per heavy atom. The molecular formula is C29H32Cl3N3O4S. The fourth-order valence-electron chi connectivity index (χ4n) is 3.87. The maximum Gasteiger partial charge on any atom is 0.264 e. The van der Waals surface area contributed by atoms with Gasteiger partial charge in [-0.2, -0.15) is 0 Å². The van der Waals surface area contributed by atoms with Gasteiger partial charge in [0.15, 0.2) is 0 Å². The lowest BCUT2D eigenvalue weighted by Gasteiger charge is -2.32. The summed E-state index contributed by atoms with van der Waals surface area (Å²) in [5.74, 6) is -0.974. The largest absolute Gasteiger partial charge is 0.352 e. The first kappa shape index (κ1) is 31.7. The van der Waals surface area contributed by atoms with Crippen molar-refractivity contribution in [1.82, 2.24) is 10.2 Å². The van der Waals surface area contributed by atoms with Gasteiger partial charge in [0.1, 0.15) is 12.6 Å². The third-order valence-corrected chi connectivity index (χ3v) is 9.36. The number of nitrogens with one attached hydrogen (secondary N) is 1. The fourth-order valence-corrected chi connectivity index (χ4v) is 5.94. The molecule has 0 aliphatic heterocycles. The fraction of sp³-hybridized carbons (Fsp3) is 0.310. The van der Waals surface area contributed by atoms with Gasteiger partial charge in [-0.25, -0.2) is 8.42 Å². The highest BCUT2D eigenvalue weighted by atomic mass is 35.5. The SMILES string of the molecule is CC[C@@H](C)NC(=O)[C@@H](C)N(Cc1ccc(Cl)cc1Cl)C(=O)CN(c1ccc(C)c(Cl)c1)S(=O)(=O)c1ccccc1. The van der Waals surface area contributed by atoms with E-state index in [1.165, 1.54) is 23.1 Å². The molecule has 2 atom stereocenters. The molecule has 3 rings (SSSR count). The second-order valence-electron chi connectivity index (χ2n) is 9.51. The van der Waals surface area contributed by atoms with E-state index in [0.29, 0.717) is 27.1 Å². The Morgan fingerprint density at radius 3 is 2.20 bits per heavy atom. The van der Waals surface area contributed by atoms with E-state index in [0.717, 1.165) is 9.87 Å². The first-order valence-electron chi connectivity index (χ1n) is 12.7. The van der Waals surface area contributed by atoms with Gasteiger partial charge in [0, 0.05) is 27.7 Å². The van der Waals surface area contributed by atoms with Crippen LogP contribution in [0.4, 0.5) is 5.69 Å². The van der Waals surface area contributed by atoms with Gasteiger partial charge in [0.2, 0.25) is 11.8 Å². The molecule has 40 heavy (non-hydrogen) atoms. The normalized spacial score (nSPS) is 12.9. The summed E-state index contributed by atoms with van der Waals surface area (Å²) in [5, 5.41) is 3.98. The van der Waals surface area contributed by atoms with Crippen molar-refractivity contribution in [3.05, 3.63) is 92.9 Å². The summed E-state index contributed by atoms with van der Waals surface area (Å²) in [6.07, 6.45) is 0.701. The molecule has 2 amide bonds. The summed E-state index contributed by atoms with van der Waals surface area (Å²) in [4.78, 5) is 28.4. The number of carbonyl (C=O) groups excluding carboxylic acids is 2. The average Bonchev–Trinajstić information content (AvgIpc) is 2.92. The van der Waals surface area contributed by atoms with Crippen LogP contribution in [0.2, 0.25) is 15.1 Å². The van der Waals surface area contributed by atoms with Crippen molar-refractivity contribution in [3.8, 4) is 0 Å². The highest BCUT2D eigenvalue weighted by Crippen LogP contribution is 2.29. The first-order chi connectivity index (χ1) is 18.8. The van der Waals surface area contributed by atoms with Gasteiger partial charge in [-0.3, -0.25) is 13.9 Å². The molecule has 7 nitrogen and oxygen atoms in total. The van der Waals surface area contributed by atoms with E-state index in [1.807, 2.05) is 13.8 Å². The second kappa shape index (κ2) is 13.7. The molecule has 0 fully saturated rings. The standard InChI is InChI=1S/C29H32Cl3N3O4S/c1-5-20(3)33-29(37)21(4)34(17-22-12-13-23(30)15-27(22)32)28(36)18-35(24-14-11-19(2)26(31)16-24)40(38,39)25-9-7-6-8-10-25/h6-16,20-21H,5,17-18H2,1-4H3,(H,33,37)/t20-,21-/m1/s1. The average molecular weight is 625 g/mol. The lowest BCUT2D eigenvalue weighted by Crippen LogP contribution is -2.52. The highest BCUT2D eigenvalue weighted by molar-refractivity contribution is 7.92. The van der Waals surface area contributed by atoms with Gasteiger partial charge in [-0.1, -0.05) is 72.1 Å². The zero-order chi connectivity index (χ0) is 29.6. The number of anilines is 1. The number of nitrogens with zero attached hydrogens (tertiary/aromatic N) is 2. The van der Waals surface area contributed by atoms with Gasteiger partial charge in [0.05, 0.1) is 10.6 Å². The van der Waals surface area contributed by atoms with E-state index in [9.17, 15) is 18.0 Å². The maximum atomic E-state index is 14.0. The van der Waals surface area contributed by atoms with Crippen LogP contribution in [0.3, 0.4) is 0 Å². The molecule has 214 valence electrons. The van der Waals surface area contributed by atoms with Gasteiger partial charge >= 0.3 is 0 Å². The molecule has 11 heteroatoms. The number of amides is 2. The van der Waals surface area contributed by atoms with Crippen LogP contribution < -0.4 is 9.62 Å². The molecule has 1 N–H and O–H groups in total. The van der Waals surface area contributed by atoms with Crippen molar-refractivity contribution in [2.24, 2.45) is 0 Å². The monoisotopic (exact) mass is 623 g/mol. The number of aryl methyl sites for hydroxylation is 1. The van der Waals surface area contributed by atoms with E-state index < -0.39 is 28.5 Å². The van der Waals surface area contributed by atoms with Crippen LogP contribution in [-0.2, 0) is 26.2 Å². The molecule has 0 aliphatic rings. The van der Waals surface area contributed by atoms with Crippen LogP contribution in [0.25, 0.3) is 0 Å². The second-order valence-corrected chi connectivity index (χ2v) is 12.6. The maximum absolute atomic E-state index is 14.0. The summed E-state index contributed by atoms with van der Waals surface area (Å²) in [6.45, 7) is 6.56. The van der Waals surface area contributed by atoms with Crippen LogP contribution in [-0.4, -0.2) is 43.8 Å². The lowest BCUT2D eigenvalue weighted by molar-refractivity contribution is -0.139. The summed E-state index contributed by atoms with van der Waals surface area (Å²) in [7, 11) is -4.18. The molecule has 0 saturated carbocycles. The Morgan fingerprint density at radius 1 is 0.925 bits per heavy atom. The molecule has 0 aliphatic carbocycles. The molecule has 0 radical (unpaired) electrons. The summed E-state index contributed by atoms with van der Waals surface area (Å²) < 4.78 is 28.6. The first-order valence-corrected chi connectivity index (χ1v) is 15.3. The molecule has 0 spiro atoms. The van der Waals surface area contributed by atoms with Crippen molar-refractivity contribution in [2.45, 2.75) is 57.6 Å². The van der Waals surface area contributed by atoms with Crippen molar-refractivity contribution < 1.29 is 18.0 Å². The lowest BCUT2D eigenvalue weighted by atomic mass is 10.1. The van der Waals surface area contributed by atoms with Crippen molar-refractivity contribution in [2.75, 3.05) is 10.8 Å². The number of benzene rings is 3. The van der Waals surface area contributed by atoms with Gasteiger partial charge in [-0.15, -0.1) is 0 Å². The van der Waals surface area contributed by atoms with E-state index in [2.05, 4.69) is 5.32 Å². The Hall–Kier alpha value is -2.78. The Bertz CT molecular complexity index is 1470. The van der Waals surface area contributed by atoms with Crippen molar-refractivity contribution >= 4 is 62.3 Å². The predicted octanol–water partition coefficient (Wildman–Crippen LogP) is 6.48. The van der Waals surface area contributed by atoms with Crippen molar-refractivity contribution in [1.29, 1.82) is 0 Å². The van der Waals surface area contributed by atoms with Gasteiger partial charge in [-0.05, 0) is 74.7 Å². The number of rotatable bonds is 11. The zero-order valence-corrected chi connectivity index (χ0v) is 25.8. The minimum absolute atomic E-state index is 0.00866. The van der Waals surface area contributed by atoms with Crippen LogP contribution in [0.1, 0.15) is 38.3 Å².